The number of carbonyl (C=O) groups is 2. The molecule has 24 heavy (non-hydrogen) atoms. The van der Waals surface area contributed by atoms with Crippen LogP contribution in [0.2, 0.25) is 0 Å². The van der Waals surface area contributed by atoms with Gasteiger partial charge in [0.15, 0.2) is 6.10 Å². The monoisotopic (exact) mass is 326 g/mol. The molecule has 126 valence electrons. The average molecular weight is 326 g/mol. The molecule has 0 aliphatic heterocycles. The van der Waals surface area contributed by atoms with Gasteiger partial charge in [0, 0.05) is 28.8 Å². The Morgan fingerprint density at radius 1 is 1.21 bits per heavy atom. The third-order valence-corrected chi connectivity index (χ3v) is 3.22. The fourth-order valence-corrected chi connectivity index (χ4v) is 2.16. The van der Waals surface area contributed by atoms with Crippen LogP contribution in [0.15, 0.2) is 42.6 Å². The summed E-state index contributed by atoms with van der Waals surface area (Å²) in [5.74, 6) is -0.893. The average Bonchev–Trinajstić information content (AvgIpc) is 2.51. The normalized spacial score (nSPS) is 13.0. The Morgan fingerprint density at radius 2 is 1.92 bits per heavy atom. The van der Waals surface area contributed by atoms with Gasteiger partial charge in [0.1, 0.15) is 0 Å². The summed E-state index contributed by atoms with van der Waals surface area (Å²) in [6.45, 7) is 7.15. The smallest absolute Gasteiger partial charge is 0.331 e. The number of aromatic nitrogens is 1. The maximum Gasteiger partial charge on any atom is 0.331 e. The molecule has 0 fully saturated rings. The molecule has 5 nitrogen and oxygen atoms in total. The van der Waals surface area contributed by atoms with Gasteiger partial charge in [-0.05, 0) is 39.8 Å². The minimum absolute atomic E-state index is 0.323. The van der Waals surface area contributed by atoms with E-state index < -0.39 is 12.1 Å². The molecule has 0 bridgehead atoms. The van der Waals surface area contributed by atoms with E-state index in [1.54, 1.807) is 19.2 Å². The van der Waals surface area contributed by atoms with Crippen LogP contribution >= 0.6 is 0 Å². The van der Waals surface area contributed by atoms with Crippen LogP contribution in [0.1, 0.15) is 33.3 Å². The van der Waals surface area contributed by atoms with Gasteiger partial charge in [-0.25, -0.2) is 4.79 Å². The van der Waals surface area contributed by atoms with E-state index >= 15 is 0 Å². The number of rotatable bonds is 4. The molecule has 2 aromatic rings. The minimum atomic E-state index is -0.855. The molecule has 1 unspecified atom stereocenters. The van der Waals surface area contributed by atoms with Crippen molar-refractivity contribution in [3.63, 3.8) is 0 Å². The van der Waals surface area contributed by atoms with E-state index in [2.05, 4.69) is 10.3 Å². The lowest BCUT2D eigenvalue weighted by molar-refractivity contribution is -0.150. The van der Waals surface area contributed by atoms with Gasteiger partial charge in [-0.1, -0.05) is 24.3 Å². The molecular weight excluding hydrogens is 304 g/mol. The van der Waals surface area contributed by atoms with Gasteiger partial charge < -0.3 is 10.1 Å². The van der Waals surface area contributed by atoms with Crippen molar-refractivity contribution >= 4 is 28.9 Å². The van der Waals surface area contributed by atoms with Crippen LogP contribution < -0.4 is 5.32 Å². The molecule has 1 aromatic carbocycles. The van der Waals surface area contributed by atoms with E-state index in [0.717, 1.165) is 16.5 Å². The second kappa shape index (κ2) is 7.25. The van der Waals surface area contributed by atoms with Crippen molar-refractivity contribution in [2.75, 3.05) is 0 Å². The quantitative estimate of drug-likeness (QED) is 0.692. The van der Waals surface area contributed by atoms with Gasteiger partial charge in [-0.3, -0.25) is 9.78 Å². The predicted molar refractivity (Wildman–Crippen MR) is 94.2 cm³/mol. The Hall–Kier alpha value is -2.69. The van der Waals surface area contributed by atoms with Crippen LogP contribution in [0.25, 0.3) is 17.0 Å². The number of amides is 1. The number of benzene rings is 1. The first-order valence-electron chi connectivity index (χ1n) is 7.81. The molecule has 1 heterocycles. The van der Waals surface area contributed by atoms with Crippen LogP contribution in [-0.2, 0) is 14.3 Å². The fourth-order valence-electron chi connectivity index (χ4n) is 2.16. The topological polar surface area (TPSA) is 68.3 Å². The predicted octanol–water partition coefficient (Wildman–Crippen LogP) is 3.09. The van der Waals surface area contributed by atoms with Crippen LogP contribution in [0, 0.1) is 0 Å². The Bertz CT molecular complexity index is 770. The minimum Gasteiger partial charge on any atom is -0.449 e. The molecule has 1 N–H and O–H groups in total. The summed E-state index contributed by atoms with van der Waals surface area (Å²) in [4.78, 5) is 28.2. The Labute approximate surface area is 141 Å². The van der Waals surface area contributed by atoms with Gasteiger partial charge >= 0.3 is 5.97 Å². The van der Waals surface area contributed by atoms with E-state index in [1.165, 1.54) is 6.08 Å². The third kappa shape index (κ3) is 4.91. The number of nitrogens with zero attached hydrogens (tertiary/aromatic N) is 1. The Balaban J connectivity index is 2.03. The number of hydrogen-bond acceptors (Lipinski definition) is 4. The summed E-state index contributed by atoms with van der Waals surface area (Å²) >= 11 is 0. The maximum atomic E-state index is 11.9. The molecule has 0 saturated carbocycles. The summed E-state index contributed by atoms with van der Waals surface area (Å²) < 4.78 is 5.13. The van der Waals surface area contributed by atoms with Crippen molar-refractivity contribution in [2.24, 2.45) is 0 Å². The highest BCUT2D eigenvalue weighted by molar-refractivity contribution is 5.94. The first-order chi connectivity index (χ1) is 11.3. The van der Waals surface area contributed by atoms with Crippen molar-refractivity contribution in [1.82, 2.24) is 10.3 Å². The van der Waals surface area contributed by atoms with E-state index in [4.69, 9.17) is 4.74 Å². The molecular formula is C19H22N2O3. The summed E-state index contributed by atoms with van der Waals surface area (Å²) in [5, 5.41) is 3.76. The molecule has 1 aromatic heterocycles. The number of fused-ring (bicyclic) bond motifs is 1. The molecule has 0 aliphatic rings. The zero-order valence-corrected chi connectivity index (χ0v) is 14.4. The van der Waals surface area contributed by atoms with Gasteiger partial charge in [0.2, 0.25) is 0 Å². The lowest BCUT2D eigenvalue weighted by Gasteiger charge is -2.22. The second-order valence-corrected chi connectivity index (χ2v) is 6.57. The van der Waals surface area contributed by atoms with E-state index in [-0.39, 0.29) is 11.4 Å². The molecule has 0 radical (unpaired) electrons. The molecule has 5 heteroatoms. The van der Waals surface area contributed by atoms with Gasteiger partial charge in [-0.15, -0.1) is 0 Å². The van der Waals surface area contributed by atoms with Crippen molar-refractivity contribution in [1.29, 1.82) is 0 Å². The first-order valence-corrected chi connectivity index (χ1v) is 7.81. The van der Waals surface area contributed by atoms with Crippen molar-refractivity contribution < 1.29 is 14.3 Å². The first kappa shape index (κ1) is 17.7. The molecule has 1 atom stereocenters. The van der Waals surface area contributed by atoms with Gasteiger partial charge in [0.25, 0.3) is 5.91 Å². The highest BCUT2D eigenvalue weighted by Gasteiger charge is 2.21. The number of ether oxygens (including phenoxy) is 1. The van der Waals surface area contributed by atoms with E-state index in [9.17, 15) is 9.59 Å². The Kier molecular flexibility index (Phi) is 5.34. The lowest BCUT2D eigenvalue weighted by atomic mass is 10.1. The van der Waals surface area contributed by atoms with Crippen LogP contribution in [0.3, 0.4) is 0 Å². The number of pyridine rings is 1. The number of nitrogens with one attached hydrogen (secondary N) is 1. The largest absolute Gasteiger partial charge is 0.449 e. The van der Waals surface area contributed by atoms with E-state index in [0.29, 0.717) is 0 Å². The molecule has 1 amide bonds. The molecule has 2 rings (SSSR count). The van der Waals surface area contributed by atoms with Crippen LogP contribution in [0.4, 0.5) is 0 Å². The highest BCUT2D eigenvalue weighted by atomic mass is 16.5. The SMILES string of the molecule is CC(OC(=O)/C=C/c1cccc2cccnc12)C(=O)NC(C)(C)C. The van der Waals surface area contributed by atoms with Crippen molar-refractivity contribution in [3.05, 3.63) is 48.2 Å². The number of para-hydroxylation sites is 1. The number of hydrogen-bond donors (Lipinski definition) is 1. The van der Waals surface area contributed by atoms with Crippen molar-refractivity contribution in [2.45, 2.75) is 39.3 Å². The summed E-state index contributed by atoms with van der Waals surface area (Å²) in [6.07, 6.45) is 3.81. The fraction of sp³-hybridized carbons (Fsp3) is 0.316. The zero-order chi connectivity index (χ0) is 17.7. The lowest BCUT2D eigenvalue weighted by Crippen LogP contribution is -2.46. The van der Waals surface area contributed by atoms with E-state index in [1.807, 2.05) is 51.1 Å². The third-order valence-electron chi connectivity index (χ3n) is 3.22. The number of esters is 1. The second-order valence-electron chi connectivity index (χ2n) is 6.57. The molecule has 0 saturated heterocycles. The highest BCUT2D eigenvalue weighted by Crippen LogP contribution is 2.17. The summed E-state index contributed by atoms with van der Waals surface area (Å²) in [5.41, 5.74) is 1.25. The zero-order valence-electron chi connectivity index (χ0n) is 14.4. The molecule has 0 aliphatic carbocycles. The standard InChI is InChI=1S/C19H22N2O3/c1-13(18(23)21-19(2,3)4)24-16(22)11-10-15-8-5-7-14-9-6-12-20-17(14)15/h5-13H,1-4H3,(H,21,23)/b11-10+. The number of carbonyl (C=O) groups excluding carboxylic acids is 2. The van der Waals surface area contributed by atoms with Gasteiger partial charge in [0.05, 0.1) is 5.52 Å². The Morgan fingerprint density at radius 3 is 2.62 bits per heavy atom. The molecule has 0 spiro atoms. The van der Waals surface area contributed by atoms with Crippen LogP contribution in [0.5, 0.6) is 0 Å². The van der Waals surface area contributed by atoms with Gasteiger partial charge in [-0.2, -0.15) is 0 Å². The van der Waals surface area contributed by atoms with Crippen molar-refractivity contribution in [3.8, 4) is 0 Å². The summed E-state index contributed by atoms with van der Waals surface area (Å²) in [6, 6.07) is 9.54. The maximum absolute atomic E-state index is 11.9. The summed E-state index contributed by atoms with van der Waals surface area (Å²) in [7, 11) is 0. The van der Waals surface area contributed by atoms with Crippen LogP contribution in [-0.4, -0.2) is 28.5 Å².